The van der Waals surface area contributed by atoms with Crippen molar-refractivity contribution in [3.05, 3.63) is 346 Å². The number of amides is 9. The molecule has 0 bridgehead atoms. The minimum absolute atomic E-state index is 0.0913. The number of imide groups is 4. The van der Waals surface area contributed by atoms with Gasteiger partial charge in [0.25, 0.3) is 63.2 Å². The van der Waals surface area contributed by atoms with Gasteiger partial charge in [-0.25, -0.2) is 21.1 Å². The molecule has 4 heterocycles. The van der Waals surface area contributed by atoms with E-state index >= 15 is 0 Å². The molecule has 21 heteroatoms. The van der Waals surface area contributed by atoms with E-state index in [0.717, 1.165) is 42.1 Å². The summed E-state index contributed by atoms with van der Waals surface area (Å²) in [5.41, 5.74) is 10.0. The molecule has 0 aliphatic carbocycles. The van der Waals surface area contributed by atoms with Crippen LogP contribution in [-0.4, -0.2) is 146 Å². The second-order valence-electron chi connectivity index (χ2n) is 26.7. The molecule has 0 saturated carbocycles. The van der Waals surface area contributed by atoms with Crippen LogP contribution in [0.15, 0.2) is 273 Å². The smallest absolute Gasteiger partial charge is 0.275 e. The summed E-state index contributed by atoms with van der Waals surface area (Å²) in [7, 11) is -1.78. The number of benzene rings is 12. The highest BCUT2D eigenvalue weighted by atomic mass is 32.2. The number of carbonyl (C=O) groups excluding carboxylic acids is 9. The van der Waals surface area contributed by atoms with Crippen LogP contribution in [0.4, 0.5) is 0 Å². The Kier molecular flexibility index (Phi) is 26.0. The number of sulfonamides is 2. The molecule has 9 amide bonds. The highest BCUT2D eigenvalue weighted by Gasteiger charge is 2.42. The van der Waals surface area contributed by atoms with Gasteiger partial charge in [0.1, 0.15) is 0 Å². The van der Waals surface area contributed by atoms with Crippen LogP contribution in [0.3, 0.4) is 0 Å². The summed E-state index contributed by atoms with van der Waals surface area (Å²) in [4.78, 5) is 118. The van der Waals surface area contributed by atoms with E-state index in [4.69, 9.17) is 0 Å². The molecule has 0 N–H and O–H groups in total. The van der Waals surface area contributed by atoms with Gasteiger partial charge in [-0.3, -0.25) is 57.9 Å². The first-order valence-electron chi connectivity index (χ1n) is 36.4. The molecule has 12 aromatic rings. The van der Waals surface area contributed by atoms with Crippen LogP contribution in [0.2, 0.25) is 0 Å². The average molecular weight is 1560 g/mol. The van der Waals surface area contributed by atoms with E-state index in [1.807, 2.05) is 160 Å². The van der Waals surface area contributed by atoms with Gasteiger partial charge in [-0.1, -0.05) is 214 Å². The summed E-state index contributed by atoms with van der Waals surface area (Å²) in [6.45, 7) is 24.7. The van der Waals surface area contributed by atoms with Crippen LogP contribution in [0.5, 0.6) is 0 Å². The number of hydrogen-bond donors (Lipinski definition) is 0. The average Bonchev–Trinajstić information content (AvgIpc) is 0.744. The number of aryl methyl sites for hydroxylation is 2. The zero-order valence-corrected chi connectivity index (χ0v) is 66.2. The zero-order chi connectivity index (χ0) is 82.6. The highest BCUT2D eigenvalue weighted by Crippen LogP contribution is 2.38. The number of carbonyl (C=O) groups is 9. The molecule has 0 saturated heterocycles. The second-order valence-corrected chi connectivity index (χ2v) is 30.6. The van der Waals surface area contributed by atoms with E-state index in [-0.39, 0.29) is 57.0 Å². The standard InChI is InChI=1S/C21H15NO4S.C17H16N2O3.C16H16N2O4S.C15H13NO2.3C8H8/c1-3-14-8-10-15(11-9-14)27(25,26)22-20(23)17-6-4-5-16-13(2)7-12-18(19(16)17)21(22)24;1-4-19-16(21)12-7-5-6-10-11(15(20)18(2)3)8-9-13(14(10)12)17(19)22;1-4-18-15(19)11-7-5-6-10-13(23(21,22)17(2)3)9-8-12(14(10)11)16(18)20;1-3-16-14(17)11-6-4-5-10-7-9(2)8-12(13(10)11)15(16)18;3*1-2-8-6-4-3-5-7-8/h3-12H,1H2,2H3;5-9H,4H2,1-3H3;5-9H,4H2,1-3H3;4-8H,3H2,1-2H3;3*2-7H,1H2. The third kappa shape index (κ3) is 16.6. The van der Waals surface area contributed by atoms with Gasteiger partial charge in [-0.15, -0.1) is 0 Å². The summed E-state index contributed by atoms with van der Waals surface area (Å²) in [6, 6.07) is 70.1. The van der Waals surface area contributed by atoms with Crippen molar-refractivity contribution in [1.29, 1.82) is 0 Å². The van der Waals surface area contributed by atoms with Crippen molar-refractivity contribution in [3.8, 4) is 0 Å². The van der Waals surface area contributed by atoms with Gasteiger partial charge in [0.2, 0.25) is 10.0 Å². The molecule has 16 rings (SSSR count). The SMILES string of the molecule is C=Cc1ccc(S(=O)(=O)N2C(=O)c3cccc4c(C)ccc(c34)C2=O)cc1.C=Cc1ccccc1.C=Cc1ccccc1.C=Cc1ccccc1.CCN1C(=O)c2cccc3c(C(=O)N(C)C)ccc(c23)C1=O.CCN1C(=O)c2cccc3c(S(=O)(=O)N(C)C)ccc(c23)C1=O.CCN1C(=O)c2cccc3cc(C)cc(c23)C1=O. The fraction of sp³-hybridized carbons (Fsp3) is 0.129. The molecule has 0 atom stereocenters. The van der Waals surface area contributed by atoms with Gasteiger partial charge >= 0.3 is 0 Å². The molecule has 0 radical (unpaired) electrons. The number of nitrogens with zero attached hydrogens (tertiary/aromatic N) is 6. The number of rotatable bonds is 12. The third-order valence-electron chi connectivity index (χ3n) is 19.2. The fourth-order valence-electron chi connectivity index (χ4n) is 13.4. The Morgan fingerprint density at radius 3 is 1.13 bits per heavy atom. The topological polar surface area (TPSA) is 241 Å². The van der Waals surface area contributed by atoms with Crippen molar-refractivity contribution in [1.82, 2.24) is 28.2 Å². The molecule has 12 aromatic carbocycles. The molecule has 0 unspecified atom stereocenters. The lowest BCUT2D eigenvalue weighted by Gasteiger charge is -2.27. The van der Waals surface area contributed by atoms with Crippen molar-refractivity contribution < 1.29 is 60.0 Å². The summed E-state index contributed by atoms with van der Waals surface area (Å²) < 4.78 is 52.6. The highest BCUT2D eigenvalue weighted by molar-refractivity contribution is 7.90. The maximum absolute atomic E-state index is 13.1. The molecule has 19 nitrogen and oxygen atoms in total. The van der Waals surface area contributed by atoms with Crippen molar-refractivity contribution in [2.45, 2.75) is 44.4 Å². The van der Waals surface area contributed by atoms with E-state index in [2.05, 4.69) is 26.3 Å². The predicted molar refractivity (Wildman–Crippen MR) is 451 cm³/mol. The lowest BCUT2D eigenvalue weighted by molar-refractivity contribution is 0.0603. The van der Waals surface area contributed by atoms with Crippen LogP contribution in [0.25, 0.3) is 67.4 Å². The maximum Gasteiger partial charge on any atom is 0.275 e. The number of hydrogen-bond acceptors (Lipinski definition) is 13. The summed E-state index contributed by atoms with van der Waals surface area (Å²) in [5.74, 6) is -3.60. The minimum atomic E-state index is -4.33. The molecular weight excluding hydrogens is 1470 g/mol. The van der Waals surface area contributed by atoms with Gasteiger partial charge < -0.3 is 4.90 Å². The van der Waals surface area contributed by atoms with Crippen LogP contribution >= 0.6 is 0 Å². The molecule has 0 fully saturated rings. The third-order valence-corrected chi connectivity index (χ3v) is 22.8. The quantitative estimate of drug-likeness (QED) is 0.103. The summed E-state index contributed by atoms with van der Waals surface area (Å²) in [6.07, 6.45) is 7.08. The first-order chi connectivity index (χ1) is 54.6. The Morgan fingerprint density at radius 2 is 0.711 bits per heavy atom. The molecule has 0 aromatic heterocycles. The fourth-order valence-corrected chi connectivity index (χ4v) is 15.8. The first kappa shape index (κ1) is 83.0. The van der Waals surface area contributed by atoms with Gasteiger partial charge in [0.05, 0.1) is 9.79 Å². The summed E-state index contributed by atoms with van der Waals surface area (Å²) in [5, 5.41) is 5.05. The second kappa shape index (κ2) is 35.7. The molecule has 576 valence electrons. The van der Waals surface area contributed by atoms with E-state index in [9.17, 15) is 60.0 Å². The first-order valence-corrected chi connectivity index (χ1v) is 39.2. The van der Waals surface area contributed by atoms with Gasteiger partial charge in [-0.2, -0.15) is 4.31 Å². The Bertz CT molecular complexity index is 5950. The van der Waals surface area contributed by atoms with Crippen LogP contribution in [0, 0.1) is 13.8 Å². The zero-order valence-electron chi connectivity index (χ0n) is 64.6. The lowest BCUT2D eigenvalue weighted by atomic mass is 9.91. The van der Waals surface area contributed by atoms with Gasteiger partial charge in [0, 0.05) is 125 Å². The molecule has 4 aliphatic heterocycles. The van der Waals surface area contributed by atoms with E-state index in [1.165, 1.54) is 69.8 Å². The van der Waals surface area contributed by atoms with Crippen molar-refractivity contribution in [2.75, 3.05) is 47.8 Å². The molecule has 114 heavy (non-hydrogen) atoms. The Balaban J connectivity index is 0.000000147. The largest absolute Gasteiger partial charge is 0.345 e. The van der Waals surface area contributed by atoms with E-state index < -0.39 is 43.7 Å². The molecular formula is C93H84N6O13S2. The predicted octanol–water partition coefficient (Wildman–Crippen LogP) is 17.4. The summed E-state index contributed by atoms with van der Waals surface area (Å²) >= 11 is 0. The van der Waals surface area contributed by atoms with Crippen LogP contribution < -0.4 is 0 Å². The molecule has 4 aliphatic rings. The normalized spacial score (nSPS) is 13.0. The Morgan fingerprint density at radius 1 is 0.360 bits per heavy atom. The monoisotopic (exact) mass is 1560 g/mol. The van der Waals surface area contributed by atoms with E-state index in [0.29, 0.717) is 83.3 Å². The van der Waals surface area contributed by atoms with Crippen LogP contribution in [0.1, 0.15) is 147 Å². The minimum Gasteiger partial charge on any atom is -0.345 e. The van der Waals surface area contributed by atoms with E-state index in [1.54, 1.807) is 125 Å². The van der Waals surface area contributed by atoms with Crippen molar-refractivity contribution in [3.63, 3.8) is 0 Å². The van der Waals surface area contributed by atoms with Crippen LogP contribution in [-0.2, 0) is 20.0 Å². The van der Waals surface area contributed by atoms with Crippen molar-refractivity contribution in [2.24, 2.45) is 0 Å². The maximum atomic E-state index is 13.1. The Hall–Kier alpha value is -13.5. The van der Waals surface area contributed by atoms with Gasteiger partial charge in [0.15, 0.2) is 0 Å². The lowest BCUT2D eigenvalue weighted by Crippen LogP contribution is -2.44. The van der Waals surface area contributed by atoms with Gasteiger partial charge in [-0.05, 0) is 157 Å². The Labute approximate surface area is 663 Å². The van der Waals surface area contributed by atoms with Crippen molar-refractivity contribution >= 4 is 141 Å². The molecule has 0 spiro atoms.